The number of aromatic nitrogens is 3. The lowest BCUT2D eigenvalue weighted by molar-refractivity contribution is 0.102. The van der Waals surface area contributed by atoms with Crippen molar-refractivity contribution in [2.45, 2.75) is 13.2 Å². The number of nitrogens with zero attached hydrogens (tertiary/aromatic N) is 3. The zero-order valence-corrected chi connectivity index (χ0v) is 18.7. The topological polar surface area (TPSA) is 115 Å². The van der Waals surface area contributed by atoms with Crippen LogP contribution >= 0.6 is 0 Å². The number of nitrogens with one attached hydrogen (secondary N) is 4. The molecule has 2 heterocycles. The third-order valence-corrected chi connectivity index (χ3v) is 5.18. The Bertz CT molecular complexity index is 1340. The van der Waals surface area contributed by atoms with Gasteiger partial charge in [-0.3, -0.25) is 15.2 Å². The lowest BCUT2D eigenvalue weighted by atomic mass is 10.1. The zero-order valence-electron chi connectivity index (χ0n) is 18.7. The van der Waals surface area contributed by atoms with E-state index in [0.717, 1.165) is 10.9 Å². The van der Waals surface area contributed by atoms with Crippen LogP contribution in [0.5, 0.6) is 0 Å². The number of H-pyrrole nitrogens is 1. The van der Waals surface area contributed by atoms with Crippen molar-refractivity contribution in [3.8, 4) is 0 Å². The van der Waals surface area contributed by atoms with E-state index in [0.29, 0.717) is 40.4 Å². The molecule has 0 aliphatic carbocycles. The molecule has 3 amide bonds. The van der Waals surface area contributed by atoms with Crippen LogP contribution in [-0.2, 0) is 13.2 Å². The number of fused-ring (bicyclic) bond motifs is 1. The predicted octanol–water partition coefficient (Wildman–Crippen LogP) is 4.39. The number of benzene rings is 2. The summed E-state index contributed by atoms with van der Waals surface area (Å²) in [7, 11) is 3.29. The van der Waals surface area contributed by atoms with Crippen LogP contribution in [0.2, 0.25) is 0 Å². The summed E-state index contributed by atoms with van der Waals surface area (Å²) >= 11 is 0. The number of aromatic amines is 1. The number of urea groups is 1. The van der Waals surface area contributed by atoms with Crippen molar-refractivity contribution in [1.29, 1.82) is 0 Å². The molecule has 0 bridgehead atoms. The van der Waals surface area contributed by atoms with Gasteiger partial charge < -0.3 is 15.5 Å². The molecule has 4 rings (SSSR count). The first-order valence-electron chi connectivity index (χ1n) is 10.5. The second-order valence-electron chi connectivity index (χ2n) is 7.83. The van der Waals surface area contributed by atoms with E-state index >= 15 is 0 Å². The van der Waals surface area contributed by atoms with Gasteiger partial charge >= 0.3 is 6.03 Å². The van der Waals surface area contributed by atoms with Gasteiger partial charge in [0.05, 0.1) is 17.3 Å². The number of para-hydroxylation sites is 1. The first kappa shape index (κ1) is 22.7. The van der Waals surface area contributed by atoms with Crippen molar-refractivity contribution in [3.63, 3.8) is 0 Å². The number of carbonyl (C=O) groups excluding carboxylic acids is 2. The van der Waals surface area contributed by atoms with E-state index in [1.807, 2.05) is 12.1 Å². The molecule has 174 valence electrons. The summed E-state index contributed by atoms with van der Waals surface area (Å²) in [5, 5.41) is 16.3. The van der Waals surface area contributed by atoms with Gasteiger partial charge in [0.25, 0.3) is 5.91 Å². The molecule has 4 N–H and O–H groups in total. The summed E-state index contributed by atoms with van der Waals surface area (Å²) in [6.07, 6.45) is 3.22. The fraction of sp³-hybridized carbons (Fsp3) is 0.167. The van der Waals surface area contributed by atoms with E-state index in [9.17, 15) is 14.0 Å². The molecule has 2 aromatic carbocycles. The average molecular weight is 462 g/mol. The fourth-order valence-electron chi connectivity index (χ4n) is 3.36. The molecular formula is C24H24FN7O2. The van der Waals surface area contributed by atoms with Gasteiger partial charge in [0, 0.05) is 49.2 Å². The van der Waals surface area contributed by atoms with Gasteiger partial charge in [0.2, 0.25) is 0 Å². The molecule has 0 aliphatic rings. The van der Waals surface area contributed by atoms with Crippen molar-refractivity contribution < 1.29 is 14.0 Å². The van der Waals surface area contributed by atoms with E-state index in [4.69, 9.17) is 0 Å². The third-order valence-electron chi connectivity index (χ3n) is 5.18. The molecule has 0 saturated carbocycles. The van der Waals surface area contributed by atoms with Gasteiger partial charge in [-0.05, 0) is 42.0 Å². The Morgan fingerprint density at radius 1 is 1.06 bits per heavy atom. The van der Waals surface area contributed by atoms with Crippen molar-refractivity contribution in [1.82, 2.24) is 20.1 Å². The number of amides is 3. The molecular weight excluding hydrogens is 437 g/mol. The molecule has 0 saturated heterocycles. The Hall–Kier alpha value is -4.47. The van der Waals surface area contributed by atoms with Crippen LogP contribution in [0.4, 0.5) is 26.4 Å². The number of anilines is 3. The molecule has 0 unspecified atom stereocenters. The van der Waals surface area contributed by atoms with Crippen LogP contribution in [0.15, 0.2) is 60.9 Å². The highest BCUT2D eigenvalue weighted by molar-refractivity contribution is 6.09. The normalized spacial score (nSPS) is 10.7. The number of halogens is 1. The molecule has 0 fully saturated rings. The number of pyridine rings is 1. The maximum atomic E-state index is 13.6. The largest absolute Gasteiger partial charge is 0.380 e. The van der Waals surface area contributed by atoms with Gasteiger partial charge in [-0.2, -0.15) is 5.10 Å². The van der Waals surface area contributed by atoms with E-state index in [-0.39, 0.29) is 11.9 Å². The molecule has 0 atom stereocenters. The van der Waals surface area contributed by atoms with Crippen molar-refractivity contribution in [2.24, 2.45) is 0 Å². The summed E-state index contributed by atoms with van der Waals surface area (Å²) < 4.78 is 13.6. The summed E-state index contributed by atoms with van der Waals surface area (Å²) in [6, 6.07) is 13.7. The predicted molar refractivity (Wildman–Crippen MR) is 130 cm³/mol. The van der Waals surface area contributed by atoms with E-state index in [2.05, 4.69) is 31.1 Å². The van der Waals surface area contributed by atoms with Gasteiger partial charge in [0.1, 0.15) is 12.5 Å². The number of carbonyl (C=O) groups is 2. The van der Waals surface area contributed by atoms with Crippen molar-refractivity contribution in [3.05, 3.63) is 77.6 Å². The molecule has 10 heteroatoms. The van der Waals surface area contributed by atoms with Gasteiger partial charge in [0.15, 0.2) is 0 Å². The highest BCUT2D eigenvalue weighted by Gasteiger charge is 2.15. The first-order valence-corrected chi connectivity index (χ1v) is 10.5. The van der Waals surface area contributed by atoms with Crippen LogP contribution in [0.3, 0.4) is 0 Å². The Labute approximate surface area is 195 Å². The van der Waals surface area contributed by atoms with Crippen LogP contribution in [0.25, 0.3) is 10.9 Å². The SMILES string of the molecule is CN(C)C(=O)Nc1cc(CNc2ccccc2C(=O)Nc2cc3cn[nH]c3cc2CF)ccn1. The Morgan fingerprint density at radius 2 is 1.88 bits per heavy atom. The van der Waals surface area contributed by atoms with E-state index in [1.165, 1.54) is 4.90 Å². The van der Waals surface area contributed by atoms with Crippen LogP contribution in [0, 0.1) is 0 Å². The molecule has 0 aliphatic heterocycles. The number of hydrogen-bond donors (Lipinski definition) is 4. The third kappa shape index (κ3) is 5.12. The molecule has 9 nitrogen and oxygen atoms in total. The summed E-state index contributed by atoms with van der Waals surface area (Å²) in [5.74, 6) is 0.0618. The van der Waals surface area contributed by atoms with Crippen LogP contribution < -0.4 is 16.0 Å². The van der Waals surface area contributed by atoms with Crippen molar-refractivity contribution in [2.75, 3.05) is 30.0 Å². The molecule has 0 radical (unpaired) electrons. The summed E-state index contributed by atoms with van der Waals surface area (Å²) in [4.78, 5) is 30.5. The average Bonchev–Trinajstić information content (AvgIpc) is 3.30. The van der Waals surface area contributed by atoms with E-state index in [1.54, 1.807) is 62.9 Å². The minimum atomic E-state index is -0.723. The smallest absolute Gasteiger partial charge is 0.322 e. The second-order valence-corrected chi connectivity index (χ2v) is 7.83. The monoisotopic (exact) mass is 461 g/mol. The number of hydrogen-bond acceptors (Lipinski definition) is 5. The van der Waals surface area contributed by atoms with Crippen molar-refractivity contribution >= 4 is 40.0 Å². The molecule has 4 aromatic rings. The minimum absolute atomic E-state index is 0.277. The van der Waals surface area contributed by atoms with Gasteiger partial charge in [-0.25, -0.2) is 14.2 Å². The molecule has 2 aromatic heterocycles. The first-order chi connectivity index (χ1) is 16.4. The number of rotatable bonds is 7. The Morgan fingerprint density at radius 3 is 2.68 bits per heavy atom. The van der Waals surface area contributed by atoms with Gasteiger partial charge in [-0.1, -0.05) is 12.1 Å². The second kappa shape index (κ2) is 9.99. The van der Waals surface area contributed by atoms with Crippen LogP contribution in [-0.4, -0.2) is 46.1 Å². The summed E-state index contributed by atoms with van der Waals surface area (Å²) in [5.41, 5.74) is 3.35. The maximum Gasteiger partial charge on any atom is 0.322 e. The van der Waals surface area contributed by atoms with Gasteiger partial charge in [-0.15, -0.1) is 0 Å². The van der Waals surface area contributed by atoms with Crippen LogP contribution in [0.1, 0.15) is 21.5 Å². The molecule has 34 heavy (non-hydrogen) atoms. The van der Waals surface area contributed by atoms with E-state index < -0.39 is 6.67 Å². The summed E-state index contributed by atoms with van der Waals surface area (Å²) in [6.45, 7) is -0.326. The standard InChI is InChI=1S/C24H24FN7O2/c1-32(2)24(34)30-22-9-15(7-8-26-22)13-27-19-6-4-3-5-18(19)23(33)29-20-11-17-14-28-31-21(17)10-16(20)12-25/h3-11,14,27H,12-13H2,1-2H3,(H,28,31)(H,29,33)(H,26,30,34). The molecule has 0 spiro atoms. The Kier molecular flexibility index (Phi) is 6.67. The quantitative estimate of drug-likeness (QED) is 0.326. The highest BCUT2D eigenvalue weighted by Crippen LogP contribution is 2.25. The lowest BCUT2D eigenvalue weighted by Gasteiger charge is -2.15. The maximum absolute atomic E-state index is 13.6. The number of alkyl halides is 1. The minimum Gasteiger partial charge on any atom is -0.380 e. The fourth-order valence-corrected chi connectivity index (χ4v) is 3.36. The zero-order chi connectivity index (χ0) is 24.1. The lowest BCUT2D eigenvalue weighted by Crippen LogP contribution is -2.27. The Balaban J connectivity index is 1.49. The highest BCUT2D eigenvalue weighted by atomic mass is 19.1.